The molecule has 0 aromatic heterocycles. The monoisotopic (exact) mass is 455 g/mol. The van der Waals surface area contributed by atoms with Crippen LogP contribution in [-0.4, -0.2) is 54.3 Å². The van der Waals surface area contributed by atoms with Gasteiger partial charge in [0.25, 0.3) is 0 Å². The second kappa shape index (κ2) is 11.6. The molecule has 176 valence electrons. The first kappa shape index (κ1) is 23.7. The van der Waals surface area contributed by atoms with Crippen LogP contribution in [-0.2, 0) is 16.0 Å². The largest absolute Gasteiger partial charge is 0.345 e. The van der Waals surface area contributed by atoms with Crippen LogP contribution in [0, 0.1) is 6.92 Å². The standard InChI is InChI=1S/C29H33N3O2/c1-23-10-8-9-15-26(23)22-28(34)32-20-18-31(19-21-32)17-16-27(33)30-29(24-11-4-2-5-12-24)25-13-6-3-7-14-25/h2-15,29H,16-22H2,1H3,(H,30,33). The molecule has 0 spiro atoms. The average molecular weight is 456 g/mol. The van der Waals surface area contributed by atoms with Crippen LogP contribution < -0.4 is 5.32 Å². The zero-order valence-electron chi connectivity index (χ0n) is 19.8. The molecule has 0 radical (unpaired) electrons. The Kier molecular flexibility index (Phi) is 8.10. The van der Waals surface area contributed by atoms with E-state index in [0.29, 0.717) is 32.5 Å². The predicted octanol–water partition coefficient (Wildman–Crippen LogP) is 3.98. The van der Waals surface area contributed by atoms with E-state index in [1.54, 1.807) is 0 Å². The van der Waals surface area contributed by atoms with E-state index >= 15 is 0 Å². The van der Waals surface area contributed by atoms with Crippen molar-refractivity contribution < 1.29 is 9.59 Å². The Hall–Kier alpha value is -3.44. The molecule has 1 heterocycles. The molecule has 3 aromatic rings. The molecule has 5 heteroatoms. The molecule has 0 unspecified atom stereocenters. The minimum absolute atomic E-state index is 0.0377. The summed E-state index contributed by atoms with van der Waals surface area (Å²) in [6, 6.07) is 28.0. The van der Waals surface area contributed by atoms with Crippen molar-refractivity contribution in [2.24, 2.45) is 0 Å². The van der Waals surface area contributed by atoms with E-state index in [1.165, 1.54) is 0 Å². The number of benzene rings is 3. The highest BCUT2D eigenvalue weighted by Crippen LogP contribution is 2.22. The molecule has 1 saturated heterocycles. The van der Waals surface area contributed by atoms with Crippen LogP contribution in [0.15, 0.2) is 84.9 Å². The summed E-state index contributed by atoms with van der Waals surface area (Å²) in [4.78, 5) is 29.8. The fourth-order valence-electron chi connectivity index (χ4n) is 4.45. The van der Waals surface area contributed by atoms with Gasteiger partial charge in [0.1, 0.15) is 0 Å². The van der Waals surface area contributed by atoms with Gasteiger partial charge in [0.05, 0.1) is 12.5 Å². The molecule has 1 aliphatic rings. The Balaban J connectivity index is 1.26. The molecule has 0 atom stereocenters. The highest BCUT2D eigenvalue weighted by Gasteiger charge is 2.22. The minimum Gasteiger partial charge on any atom is -0.345 e. The molecule has 1 fully saturated rings. The van der Waals surface area contributed by atoms with Gasteiger partial charge in [-0.15, -0.1) is 0 Å². The molecule has 0 bridgehead atoms. The van der Waals surface area contributed by atoms with Gasteiger partial charge in [-0.3, -0.25) is 14.5 Å². The van der Waals surface area contributed by atoms with Crippen LogP contribution in [0.2, 0.25) is 0 Å². The summed E-state index contributed by atoms with van der Waals surface area (Å²) >= 11 is 0. The molecule has 5 nitrogen and oxygen atoms in total. The van der Waals surface area contributed by atoms with Crippen LogP contribution in [0.3, 0.4) is 0 Å². The third-order valence-electron chi connectivity index (χ3n) is 6.55. The van der Waals surface area contributed by atoms with Crippen molar-refractivity contribution in [2.45, 2.75) is 25.8 Å². The van der Waals surface area contributed by atoms with Crippen LogP contribution in [0.25, 0.3) is 0 Å². The number of nitrogens with one attached hydrogen (secondary N) is 1. The van der Waals surface area contributed by atoms with Gasteiger partial charge in [0.2, 0.25) is 11.8 Å². The van der Waals surface area contributed by atoms with E-state index in [2.05, 4.69) is 10.2 Å². The smallest absolute Gasteiger partial charge is 0.227 e. The molecule has 34 heavy (non-hydrogen) atoms. The number of carbonyl (C=O) groups is 2. The van der Waals surface area contributed by atoms with E-state index in [9.17, 15) is 9.59 Å². The number of nitrogens with zero attached hydrogens (tertiary/aromatic N) is 2. The molecule has 4 rings (SSSR count). The second-order valence-corrected chi connectivity index (χ2v) is 8.90. The number of piperazine rings is 1. The van der Waals surface area contributed by atoms with Gasteiger partial charge < -0.3 is 10.2 Å². The van der Waals surface area contributed by atoms with Crippen LogP contribution in [0.4, 0.5) is 0 Å². The molecular formula is C29H33N3O2. The summed E-state index contributed by atoms with van der Waals surface area (Å²) in [5.41, 5.74) is 4.40. The first-order valence-corrected chi connectivity index (χ1v) is 12.0. The number of hydrogen-bond acceptors (Lipinski definition) is 3. The van der Waals surface area contributed by atoms with Gasteiger partial charge in [0.15, 0.2) is 0 Å². The van der Waals surface area contributed by atoms with Crippen molar-refractivity contribution in [2.75, 3.05) is 32.7 Å². The van der Waals surface area contributed by atoms with E-state index in [1.807, 2.05) is 96.8 Å². The summed E-state index contributed by atoms with van der Waals surface area (Å²) in [5.74, 6) is 0.219. The van der Waals surface area contributed by atoms with Crippen molar-refractivity contribution in [1.82, 2.24) is 15.1 Å². The first-order valence-electron chi connectivity index (χ1n) is 12.0. The van der Waals surface area contributed by atoms with Gasteiger partial charge >= 0.3 is 0 Å². The van der Waals surface area contributed by atoms with Crippen molar-refractivity contribution in [3.8, 4) is 0 Å². The van der Waals surface area contributed by atoms with Crippen molar-refractivity contribution >= 4 is 11.8 Å². The summed E-state index contributed by atoms with van der Waals surface area (Å²) in [7, 11) is 0. The molecule has 1 N–H and O–H groups in total. The number of carbonyl (C=O) groups excluding carboxylic acids is 2. The Morgan fingerprint density at radius 3 is 1.94 bits per heavy atom. The third-order valence-corrected chi connectivity index (χ3v) is 6.55. The molecule has 1 aliphatic heterocycles. The van der Waals surface area contributed by atoms with Crippen LogP contribution in [0.5, 0.6) is 0 Å². The summed E-state index contributed by atoms with van der Waals surface area (Å²) in [6.07, 6.45) is 0.892. The lowest BCUT2D eigenvalue weighted by atomic mass is 9.98. The average Bonchev–Trinajstić information content (AvgIpc) is 2.88. The van der Waals surface area contributed by atoms with Crippen LogP contribution in [0.1, 0.15) is 34.7 Å². The Bertz CT molecular complexity index is 1040. The second-order valence-electron chi connectivity index (χ2n) is 8.90. The zero-order chi connectivity index (χ0) is 23.8. The number of aryl methyl sites for hydroxylation is 1. The van der Waals surface area contributed by atoms with Crippen molar-refractivity contribution in [3.63, 3.8) is 0 Å². The Morgan fingerprint density at radius 1 is 0.794 bits per heavy atom. The highest BCUT2D eigenvalue weighted by molar-refractivity contribution is 5.79. The number of amides is 2. The maximum absolute atomic E-state index is 12.8. The Labute approximate surface area is 202 Å². The van der Waals surface area contributed by atoms with Gasteiger partial charge in [-0.1, -0.05) is 84.9 Å². The van der Waals surface area contributed by atoms with Gasteiger partial charge in [-0.25, -0.2) is 0 Å². The quantitative estimate of drug-likeness (QED) is 0.559. The molecular weight excluding hydrogens is 422 g/mol. The summed E-state index contributed by atoms with van der Waals surface area (Å²) < 4.78 is 0. The van der Waals surface area contributed by atoms with Crippen molar-refractivity contribution in [3.05, 3.63) is 107 Å². The van der Waals surface area contributed by atoms with E-state index < -0.39 is 0 Å². The van der Waals surface area contributed by atoms with E-state index in [4.69, 9.17) is 0 Å². The fourth-order valence-corrected chi connectivity index (χ4v) is 4.45. The maximum atomic E-state index is 12.8. The fraction of sp³-hybridized carbons (Fsp3) is 0.310. The summed E-state index contributed by atoms with van der Waals surface area (Å²) in [5, 5.41) is 3.22. The summed E-state index contributed by atoms with van der Waals surface area (Å²) in [6.45, 7) is 5.76. The number of hydrogen-bond donors (Lipinski definition) is 1. The molecule has 3 aromatic carbocycles. The van der Waals surface area contributed by atoms with Gasteiger partial charge in [-0.05, 0) is 29.2 Å². The number of rotatable bonds is 8. The van der Waals surface area contributed by atoms with E-state index in [-0.39, 0.29) is 17.9 Å². The third kappa shape index (κ3) is 6.33. The topological polar surface area (TPSA) is 52.7 Å². The lowest BCUT2D eigenvalue weighted by Crippen LogP contribution is -2.49. The Morgan fingerprint density at radius 2 is 1.35 bits per heavy atom. The minimum atomic E-state index is -0.161. The van der Waals surface area contributed by atoms with E-state index in [0.717, 1.165) is 35.3 Å². The predicted molar refractivity (Wildman–Crippen MR) is 135 cm³/mol. The lowest BCUT2D eigenvalue weighted by Gasteiger charge is -2.35. The van der Waals surface area contributed by atoms with Gasteiger partial charge in [0, 0.05) is 39.1 Å². The maximum Gasteiger partial charge on any atom is 0.227 e. The first-order chi connectivity index (χ1) is 16.6. The zero-order valence-corrected chi connectivity index (χ0v) is 19.8. The van der Waals surface area contributed by atoms with Crippen molar-refractivity contribution in [1.29, 1.82) is 0 Å². The molecule has 0 aliphatic carbocycles. The molecule has 2 amide bonds. The van der Waals surface area contributed by atoms with Gasteiger partial charge in [-0.2, -0.15) is 0 Å². The molecule has 0 saturated carbocycles. The van der Waals surface area contributed by atoms with Crippen LogP contribution >= 0.6 is 0 Å². The normalized spacial score (nSPS) is 14.2. The lowest BCUT2D eigenvalue weighted by molar-refractivity contribution is -0.132. The SMILES string of the molecule is Cc1ccccc1CC(=O)N1CCN(CCC(=O)NC(c2ccccc2)c2ccccc2)CC1. The highest BCUT2D eigenvalue weighted by atomic mass is 16.2.